The van der Waals surface area contributed by atoms with E-state index < -0.39 is 0 Å². The highest BCUT2D eigenvalue weighted by atomic mass is 32.2. The maximum atomic E-state index is 12.4. The highest BCUT2D eigenvalue weighted by Gasteiger charge is 2.18. The van der Waals surface area contributed by atoms with Crippen LogP contribution >= 0.6 is 11.8 Å². The Kier molecular flexibility index (Phi) is 5.08. The zero-order valence-corrected chi connectivity index (χ0v) is 14.8. The number of hydrogen-bond acceptors (Lipinski definition) is 6. The number of carbonyl (C=O) groups is 1. The van der Waals surface area contributed by atoms with Crippen LogP contribution in [0.5, 0.6) is 5.75 Å². The number of nitrogen functional groups attached to an aromatic ring is 1. The zero-order chi connectivity index (χ0) is 17.8. The Labute approximate surface area is 149 Å². The van der Waals surface area contributed by atoms with Gasteiger partial charge in [-0.2, -0.15) is 0 Å². The number of carbonyl (C=O) groups excluding carboxylic acids is 1. The molecule has 1 amide bonds. The van der Waals surface area contributed by atoms with Gasteiger partial charge in [0.05, 0.1) is 11.9 Å². The number of pyridine rings is 1. The molecule has 1 unspecified atom stereocenters. The van der Waals surface area contributed by atoms with E-state index in [4.69, 9.17) is 10.5 Å². The van der Waals surface area contributed by atoms with Gasteiger partial charge in [-0.15, -0.1) is 10.2 Å². The largest absolute Gasteiger partial charge is 0.494 e. The molecule has 0 spiro atoms. The first-order valence-corrected chi connectivity index (χ1v) is 8.75. The third kappa shape index (κ3) is 4.03. The molecule has 25 heavy (non-hydrogen) atoms. The van der Waals surface area contributed by atoms with E-state index in [-0.39, 0.29) is 11.2 Å². The van der Waals surface area contributed by atoms with E-state index >= 15 is 0 Å². The second-order valence-corrected chi connectivity index (χ2v) is 6.69. The van der Waals surface area contributed by atoms with Gasteiger partial charge in [-0.3, -0.25) is 9.20 Å². The number of fused-ring (bicyclic) bond motifs is 1. The third-order valence-corrected chi connectivity index (χ3v) is 4.53. The van der Waals surface area contributed by atoms with Crippen LogP contribution in [0.1, 0.15) is 13.8 Å². The van der Waals surface area contributed by atoms with Crippen molar-refractivity contribution in [2.75, 3.05) is 17.7 Å². The molecule has 0 radical (unpaired) electrons. The van der Waals surface area contributed by atoms with Crippen LogP contribution in [0.25, 0.3) is 5.65 Å². The fourth-order valence-electron chi connectivity index (χ4n) is 2.22. The third-order valence-electron chi connectivity index (χ3n) is 3.48. The lowest BCUT2D eigenvalue weighted by Crippen LogP contribution is -2.22. The molecule has 130 valence electrons. The number of rotatable bonds is 6. The second-order valence-electron chi connectivity index (χ2n) is 5.38. The van der Waals surface area contributed by atoms with E-state index in [9.17, 15) is 4.79 Å². The van der Waals surface area contributed by atoms with Gasteiger partial charge in [0.25, 0.3) is 0 Å². The molecule has 1 atom stereocenters. The minimum absolute atomic E-state index is 0.116. The van der Waals surface area contributed by atoms with Crippen molar-refractivity contribution in [3.05, 3.63) is 42.6 Å². The number of nitrogens with zero attached hydrogens (tertiary/aromatic N) is 3. The number of benzene rings is 1. The molecule has 0 aliphatic carbocycles. The van der Waals surface area contributed by atoms with Crippen LogP contribution in [0, 0.1) is 0 Å². The van der Waals surface area contributed by atoms with Crippen LogP contribution in [0.15, 0.2) is 47.8 Å². The molecule has 0 aliphatic rings. The van der Waals surface area contributed by atoms with Crippen molar-refractivity contribution >= 4 is 34.7 Å². The molecule has 0 saturated carbocycles. The van der Waals surface area contributed by atoms with Crippen molar-refractivity contribution in [3.8, 4) is 5.75 Å². The highest BCUT2D eigenvalue weighted by molar-refractivity contribution is 8.00. The van der Waals surface area contributed by atoms with Crippen molar-refractivity contribution in [2.45, 2.75) is 24.3 Å². The molecule has 3 aromatic rings. The van der Waals surface area contributed by atoms with Gasteiger partial charge < -0.3 is 15.8 Å². The molecule has 3 rings (SSSR count). The number of ether oxygens (including phenoxy) is 1. The molecule has 2 heterocycles. The van der Waals surface area contributed by atoms with Crippen LogP contribution in [0.3, 0.4) is 0 Å². The normalized spacial score (nSPS) is 12.1. The van der Waals surface area contributed by atoms with Gasteiger partial charge in [-0.25, -0.2) is 0 Å². The summed E-state index contributed by atoms with van der Waals surface area (Å²) in [5.41, 5.74) is 7.82. The standard InChI is InChI=1S/C17H19N5O2S/c1-3-24-14-7-5-13(6-8-14)19-16(23)11(2)25-17-21-20-15-9-4-12(18)10-22(15)17/h4-11H,3,18H2,1-2H3,(H,19,23). The average molecular weight is 357 g/mol. The van der Waals surface area contributed by atoms with Gasteiger partial charge in [0, 0.05) is 17.6 Å². The molecule has 2 aromatic heterocycles. The summed E-state index contributed by atoms with van der Waals surface area (Å²) in [6.45, 7) is 4.36. The van der Waals surface area contributed by atoms with E-state index in [1.54, 1.807) is 22.7 Å². The Bertz CT molecular complexity index is 878. The van der Waals surface area contributed by atoms with Crippen molar-refractivity contribution in [1.82, 2.24) is 14.6 Å². The van der Waals surface area contributed by atoms with Gasteiger partial charge in [0.15, 0.2) is 10.8 Å². The van der Waals surface area contributed by atoms with Crippen molar-refractivity contribution in [1.29, 1.82) is 0 Å². The van der Waals surface area contributed by atoms with Crippen LogP contribution in [0.4, 0.5) is 11.4 Å². The number of nitrogens with two attached hydrogens (primary N) is 1. The number of aromatic nitrogens is 3. The summed E-state index contributed by atoms with van der Waals surface area (Å²) >= 11 is 1.32. The van der Waals surface area contributed by atoms with Crippen LogP contribution in [-0.4, -0.2) is 32.4 Å². The van der Waals surface area contributed by atoms with E-state index in [2.05, 4.69) is 15.5 Å². The quantitative estimate of drug-likeness (QED) is 0.659. The predicted octanol–water partition coefficient (Wildman–Crippen LogP) is 2.83. The maximum Gasteiger partial charge on any atom is 0.237 e. The molecule has 3 N–H and O–H groups in total. The molecular weight excluding hydrogens is 338 g/mol. The van der Waals surface area contributed by atoms with E-state index in [1.165, 1.54) is 11.8 Å². The molecule has 0 bridgehead atoms. The molecule has 8 heteroatoms. The second kappa shape index (κ2) is 7.43. The van der Waals surface area contributed by atoms with Crippen LogP contribution in [-0.2, 0) is 4.79 Å². The topological polar surface area (TPSA) is 94.5 Å². The summed E-state index contributed by atoms with van der Waals surface area (Å²) in [6.07, 6.45) is 1.74. The summed E-state index contributed by atoms with van der Waals surface area (Å²) in [5.74, 6) is 0.658. The highest BCUT2D eigenvalue weighted by Crippen LogP contribution is 2.24. The first-order chi connectivity index (χ1) is 12.1. The van der Waals surface area contributed by atoms with Crippen molar-refractivity contribution in [3.63, 3.8) is 0 Å². The van der Waals surface area contributed by atoms with Gasteiger partial charge in [-0.05, 0) is 50.2 Å². The van der Waals surface area contributed by atoms with Gasteiger partial charge >= 0.3 is 0 Å². The number of amides is 1. The van der Waals surface area contributed by atoms with Crippen LogP contribution in [0.2, 0.25) is 0 Å². The monoisotopic (exact) mass is 357 g/mol. The van der Waals surface area contributed by atoms with E-state index in [0.717, 1.165) is 11.4 Å². The Morgan fingerprint density at radius 2 is 2.04 bits per heavy atom. The lowest BCUT2D eigenvalue weighted by atomic mass is 10.3. The number of anilines is 2. The molecule has 1 aromatic carbocycles. The van der Waals surface area contributed by atoms with E-state index in [0.29, 0.717) is 23.1 Å². The zero-order valence-electron chi connectivity index (χ0n) is 14.0. The fraction of sp³-hybridized carbons (Fsp3) is 0.235. The summed E-state index contributed by atoms with van der Waals surface area (Å²) < 4.78 is 7.17. The smallest absolute Gasteiger partial charge is 0.237 e. The predicted molar refractivity (Wildman–Crippen MR) is 99.0 cm³/mol. The molecule has 0 saturated heterocycles. The Hall–Kier alpha value is -2.74. The lowest BCUT2D eigenvalue weighted by Gasteiger charge is -2.11. The van der Waals surface area contributed by atoms with Crippen LogP contribution < -0.4 is 15.8 Å². The minimum atomic E-state index is -0.347. The number of thioether (sulfide) groups is 1. The first kappa shape index (κ1) is 17.1. The Morgan fingerprint density at radius 3 is 2.76 bits per heavy atom. The minimum Gasteiger partial charge on any atom is -0.494 e. The summed E-state index contributed by atoms with van der Waals surface area (Å²) in [5, 5.41) is 11.4. The first-order valence-electron chi connectivity index (χ1n) is 7.87. The average Bonchev–Trinajstić information content (AvgIpc) is 2.99. The fourth-order valence-corrected chi connectivity index (χ4v) is 3.05. The lowest BCUT2D eigenvalue weighted by molar-refractivity contribution is -0.115. The number of hydrogen-bond donors (Lipinski definition) is 2. The Balaban J connectivity index is 1.66. The van der Waals surface area contributed by atoms with Gasteiger partial charge in [0.1, 0.15) is 5.75 Å². The molecule has 7 nitrogen and oxygen atoms in total. The van der Waals surface area contributed by atoms with E-state index in [1.807, 2.05) is 38.1 Å². The van der Waals surface area contributed by atoms with Crippen molar-refractivity contribution < 1.29 is 9.53 Å². The number of nitrogens with one attached hydrogen (secondary N) is 1. The summed E-state index contributed by atoms with van der Waals surface area (Å²) in [6, 6.07) is 10.8. The summed E-state index contributed by atoms with van der Waals surface area (Å²) in [7, 11) is 0. The van der Waals surface area contributed by atoms with Gasteiger partial charge in [-0.1, -0.05) is 11.8 Å². The van der Waals surface area contributed by atoms with Crippen molar-refractivity contribution in [2.24, 2.45) is 0 Å². The summed E-state index contributed by atoms with van der Waals surface area (Å²) in [4.78, 5) is 12.4. The Morgan fingerprint density at radius 1 is 1.28 bits per heavy atom. The SMILES string of the molecule is CCOc1ccc(NC(=O)C(C)Sc2nnc3ccc(N)cn23)cc1. The molecular formula is C17H19N5O2S. The van der Waals surface area contributed by atoms with Gasteiger partial charge in [0.2, 0.25) is 5.91 Å². The molecule has 0 aliphatic heterocycles. The molecule has 0 fully saturated rings. The maximum absolute atomic E-state index is 12.4.